The van der Waals surface area contributed by atoms with E-state index in [1.54, 1.807) is 6.07 Å². The van der Waals surface area contributed by atoms with Gasteiger partial charge in [0.05, 0.1) is 22.7 Å². The van der Waals surface area contributed by atoms with Gasteiger partial charge in [-0.2, -0.15) is 0 Å². The molecular weight excluding hydrogens is 860 g/mol. The minimum atomic E-state index is -0.287. The van der Waals surface area contributed by atoms with E-state index in [2.05, 4.69) is 150 Å². The molecule has 0 bridgehead atoms. The quantitative estimate of drug-likeness (QED) is 0.128. The average Bonchev–Trinajstić information content (AvgIpc) is 3.80. The number of anilines is 6. The second-order valence-corrected chi connectivity index (χ2v) is 17.8. The standard InChI is InChI=1S/C65H43FN2O2/c1-42-28-33-47(40-54(42)43-16-5-2-6-17-43)67(59-24-12-14-27-62(59)69-49-20-9-4-10-21-49)57-38-31-45-30-36-53-58(39-32-46-29-35-52(57)63(45)64(46)53)68(48-34-37-56(66)55(41-48)44-18-7-3-8-19-44)60-25-15-23-51-50-22-11-13-26-61(50)70-65(51)60/h2-41H,1H3. The third-order valence-corrected chi connectivity index (χ3v) is 13.7. The first-order chi connectivity index (χ1) is 34.6. The van der Waals surface area contributed by atoms with Crippen molar-refractivity contribution < 1.29 is 13.5 Å². The van der Waals surface area contributed by atoms with Crippen LogP contribution in [0.5, 0.6) is 11.5 Å². The zero-order valence-corrected chi connectivity index (χ0v) is 38.2. The van der Waals surface area contributed by atoms with Crippen molar-refractivity contribution in [2.45, 2.75) is 6.92 Å². The number of rotatable bonds is 10. The lowest BCUT2D eigenvalue weighted by molar-refractivity contribution is 0.484. The van der Waals surface area contributed by atoms with E-state index in [1.165, 1.54) is 5.56 Å². The van der Waals surface area contributed by atoms with Gasteiger partial charge in [0.1, 0.15) is 17.1 Å². The van der Waals surface area contributed by atoms with Gasteiger partial charge in [-0.1, -0.05) is 164 Å². The molecule has 5 heteroatoms. The van der Waals surface area contributed by atoms with Crippen molar-refractivity contribution in [1.82, 2.24) is 0 Å². The van der Waals surface area contributed by atoms with E-state index in [-0.39, 0.29) is 5.82 Å². The maximum Gasteiger partial charge on any atom is 0.159 e. The Balaban J connectivity index is 1.07. The van der Waals surface area contributed by atoms with Gasteiger partial charge in [0.15, 0.2) is 11.3 Å². The van der Waals surface area contributed by atoms with E-state index in [0.717, 1.165) is 117 Å². The Labute approximate surface area is 404 Å². The molecule has 13 rings (SSSR count). The van der Waals surface area contributed by atoms with Crippen molar-refractivity contribution in [3.05, 3.63) is 254 Å². The van der Waals surface area contributed by atoms with E-state index in [1.807, 2.05) is 103 Å². The number of para-hydroxylation sites is 5. The predicted molar refractivity (Wildman–Crippen MR) is 289 cm³/mol. The summed E-state index contributed by atoms with van der Waals surface area (Å²) >= 11 is 0. The first-order valence-corrected chi connectivity index (χ1v) is 23.6. The number of hydrogen-bond acceptors (Lipinski definition) is 4. The van der Waals surface area contributed by atoms with E-state index in [9.17, 15) is 0 Å². The molecule has 0 aliphatic carbocycles. The number of hydrogen-bond donors (Lipinski definition) is 0. The summed E-state index contributed by atoms with van der Waals surface area (Å²) in [5.41, 5.74) is 11.9. The Kier molecular flexibility index (Phi) is 9.88. The fourth-order valence-electron chi connectivity index (χ4n) is 10.4. The molecule has 0 spiro atoms. The second-order valence-electron chi connectivity index (χ2n) is 17.8. The predicted octanol–water partition coefficient (Wildman–Crippen LogP) is 19.0. The van der Waals surface area contributed by atoms with Gasteiger partial charge >= 0.3 is 0 Å². The molecule has 0 unspecified atom stereocenters. The van der Waals surface area contributed by atoms with Crippen LogP contribution in [0, 0.1) is 12.7 Å². The third-order valence-electron chi connectivity index (χ3n) is 13.7. The zero-order chi connectivity index (χ0) is 46.7. The van der Waals surface area contributed by atoms with Crippen LogP contribution in [0.15, 0.2) is 247 Å². The van der Waals surface area contributed by atoms with E-state index < -0.39 is 0 Å². The Morgan fingerprint density at radius 1 is 0.400 bits per heavy atom. The molecule has 0 radical (unpaired) electrons. The van der Waals surface area contributed by atoms with Gasteiger partial charge in [-0.05, 0) is 130 Å². The van der Waals surface area contributed by atoms with Gasteiger partial charge in [-0.15, -0.1) is 0 Å². The summed E-state index contributed by atoms with van der Waals surface area (Å²) < 4.78 is 29.5. The summed E-state index contributed by atoms with van der Waals surface area (Å²) in [6, 6.07) is 83.0. The first-order valence-electron chi connectivity index (χ1n) is 23.6. The molecule has 1 aromatic heterocycles. The lowest BCUT2D eigenvalue weighted by atomic mass is 9.91. The van der Waals surface area contributed by atoms with Crippen molar-refractivity contribution >= 4 is 88.4 Å². The van der Waals surface area contributed by atoms with Crippen LogP contribution in [0.4, 0.5) is 38.5 Å². The van der Waals surface area contributed by atoms with Gasteiger partial charge in [0.25, 0.3) is 0 Å². The number of ether oxygens (including phenoxy) is 1. The Hall–Kier alpha value is -9.19. The molecule has 332 valence electrons. The summed E-state index contributed by atoms with van der Waals surface area (Å²) in [5, 5.41) is 8.68. The molecule has 0 saturated carbocycles. The molecule has 0 fully saturated rings. The van der Waals surface area contributed by atoms with Crippen LogP contribution in [0.25, 0.3) is 76.5 Å². The van der Waals surface area contributed by atoms with E-state index >= 15 is 4.39 Å². The molecular formula is C65H43FN2O2. The lowest BCUT2D eigenvalue weighted by Crippen LogP contribution is -2.12. The summed E-state index contributed by atoms with van der Waals surface area (Å²) in [4.78, 5) is 4.58. The Bertz CT molecular complexity index is 4070. The number of benzene rings is 12. The highest BCUT2D eigenvalue weighted by Crippen LogP contribution is 2.51. The van der Waals surface area contributed by atoms with Crippen LogP contribution in [0.3, 0.4) is 0 Å². The highest BCUT2D eigenvalue weighted by Gasteiger charge is 2.26. The molecule has 0 saturated heterocycles. The lowest BCUT2D eigenvalue weighted by Gasteiger charge is -2.30. The number of fused-ring (bicyclic) bond motifs is 3. The summed E-state index contributed by atoms with van der Waals surface area (Å²) in [6.45, 7) is 2.17. The first kappa shape index (κ1) is 41.0. The topological polar surface area (TPSA) is 28.9 Å². The average molecular weight is 903 g/mol. The van der Waals surface area contributed by atoms with Crippen LogP contribution in [-0.4, -0.2) is 0 Å². The molecule has 70 heavy (non-hydrogen) atoms. The van der Waals surface area contributed by atoms with Gasteiger partial charge < -0.3 is 19.0 Å². The van der Waals surface area contributed by atoms with Crippen LogP contribution in [-0.2, 0) is 0 Å². The number of aryl methyl sites for hydroxylation is 1. The SMILES string of the molecule is Cc1ccc(N(c2ccccc2Oc2ccccc2)c2ccc3ccc4c(N(c5ccc(F)c(-c6ccccc6)c5)c5cccc6c5oc5ccccc56)ccc5ccc2c3c54)cc1-c1ccccc1. The molecule has 0 amide bonds. The summed E-state index contributed by atoms with van der Waals surface area (Å²) in [6.07, 6.45) is 0. The molecule has 12 aromatic carbocycles. The molecule has 0 aliphatic heterocycles. The third kappa shape index (κ3) is 6.90. The fraction of sp³-hybridized carbons (Fsp3) is 0.0154. The molecule has 4 nitrogen and oxygen atoms in total. The smallest absolute Gasteiger partial charge is 0.159 e. The molecule has 1 heterocycles. The van der Waals surface area contributed by atoms with Crippen LogP contribution >= 0.6 is 0 Å². The minimum absolute atomic E-state index is 0.287. The van der Waals surface area contributed by atoms with Gasteiger partial charge in [0, 0.05) is 38.5 Å². The van der Waals surface area contributed by atoms with Crippen molar-refractivity contribution in [2.24, 2.45) is 0 Å². The van der Waals surface area contributed by atoms with Crippen molar-refractivity contribution in [1.29, 1.82) is 0 Å². The molecule has 0 atom stereocenters. The normalized spacial score (nSPS) is 11.6. The summed E-state index contributed by atoms with van der Waals surface area (Å²) in [5.74, 6) is 1.20. The van der Waals surface area contributed by atoms with Gasteiger partial charge in [0.2, 0.25) is 0 Å². The van der Waals surface area contributed by atoms with Crippen LogP contribution in [0.1, 0.15) is 5.56 Å². The minimum Gasteiger partial charge on any atom is -0.455 e. The van der Waals surface area contributed by atoms with Gasteiger partial charge in [-0.25, -0.2) is 4.39 Å². The molecule has 13 aromatic rings. The Morgan fingerprint density at radius 2 is 0.929 bits per heavy atom. The fourth-order valence-corrected chi connectivity index (χ4v) is 10.4. The second kappa shape index (κ2) is 16.8. The largest absolute Gasteiger partial charge is 0.455 e. The van der Waals surface area contributed by atoms with E-state index in [4.69, 9.17) is 9.15 Å². The van der Waals surface area contributed by atoms with Crippen molar-refractivity contribution in [2.75, 3.05) is 9.80 Å². The van der Waals surface area contributed by atoms with Crippen LogP contribution in [0.2, 0.25) is 0 Å². The number of nitrogens with zero attached hydrogens (tertiary/aromatic N) is 2. The highest BCUT2D eigenvalue weighted by molar-refractivity contribution is 6.28. The summed E-state index contributed by atoms with van der Waals surface area (Å²) in [7, 11) is 0. The zero-order valence-electron chi connectivity index (χ0n) is 38.2. The highest BCUT2D eigenvalue weighted by atomic mass is 19.1. The van der Waals surface area contributed by atoms with E-state index in [0.29, 0.717) is 5.56 Å². The van der Waals surface area contributed by atoms with Gasteiger partial charge in [-0.3, -0.25) is 0 Å². The number of furan rings is 1. The maximum absolute atomic E-state index is 16.0. The Morgan fingerprint density at radius 3 is 1.63 bits per heavy atom. The van der Waals surface area contributed by atoms with Crippen molar-refractivity contribution in [3.63, 3.8) is 0 Å². The molecule has 0 aliphatic rings. The number of halogens is 1. The monoisotopic (exact) mass is 902 g/mol. The van der Waals surface area contributed by atoms with Crippen molar-refractivity contribution in [3.8, 4) is 33.8 Å². The van der Waals surface area contributed by atoms with Crippen LogP contribution < -0.4 is 14.5 Å². The molecule has 0 N–H and O–H groups in total. The maximum atomic E-state index is 16.0.